The number of ether oxygens (including phenoxy) is 1. The zero-order valence-electron chi connectivity index (χ0n) is 12.9. The summed E-state index contributed by atoms with van der Waals surface area (Å²) in [5, 5.41) is 11.4. The Morgan fingerprint density at radius 3 is 2.76 bits per heavy atom. The van der Waals surface area contributed by atoms with Crippen molar-refractivity contribution in [1.29, 1.82) is 0 Å². The van der Waals surface area contributed by atoms with E-state index in [0.717, 1.165) is 5.69 Å². The fourth-order valence-electron chi connectivity index (χ4n) is 1.86. The van der Waals surface area contributed by atoms with Crippen molar-refractivity contribution in [3.63, 3.8) is 0 Å². The molecule has 0 aliphatic carbocycles. The van der Waals surface area contributed by atoms with Crippen LogP contribution in [0.15, 0.2) is 24.4 Å². The van der Waals surface area contributed by atoms with Gasteiger partial charge < -0.3 is 10.1 Å². The van der Waals surface area contributed by atoms with Crippen LogP contribution in [0.1, 0.15) is 32.0 Å². The van der Waals surface area contributed by atoms with Crippen LogP contribution in [0.2, 0.25) is 0 Å². The third-order valence-electron chi connectivity index (χ3n) is 2.98. The molecule has 21 heavy (non-hydrogen) atoms. The van der Waals surface area contributed by atoms with Gasteiger partial charge in [0.25, 0.3) is 0 Å². The maximum atomic E-state index is 14.1. The van der Waals surface area contributed by atoms with E-state index in [2.05, 4.69) is 36.4 Å². The highest BCUT2D eigenvalue weighted by Gasteiger charge is 2.12. The van der Waals surface area contributed by atoms with Gasteiger partial charge in [-0.1, -0.05) is 17.3 Å². The Bertz CT molecular complexity index is 604. The molecule has 0 saturated heterocycles. The van der Waals surface area contributed by atoms with Gasteiger partial charge in [0.1, 0.15) is 0 Å². The smallest absolute Gasteiger partial charge is 0.170 e. The first-order valence-electron chi connectivity index (χ1n) is 6.84. The number of benzene rings is 1. The van der Waals surface area contributed by atoms with E-state index in [4.69, 9.17) is 4.74 Å². The fourth-order valence-corrected chi connectivity index (χ4v) is 1.86. The van der Waals surface area contributed by atoms with Gasteiger partial charge in [-0.3, -0.25) is 0 Å². The molecule has 5 nitrogen and oxygen atoms in total. The first-order chi connectivity index (χ1) is 9.89. The molecule has 6 heteroatoms. The molecule has 2 aromatic rings. The van der Waals surface area contributed by atoms with Crippen LogP contribution < -0.4 is 10.1 Å². The minimum absolute atomic E-state index is 0.0166. The molecule has 0 bridgehead atoms. The summed E-state index contributed by atoms with van der Waals surface area (Å²) < 4.78 is 20.7. The SMILES string of the molecule is COc1cccc(Cn2cc(CNC(C)(C)C)nn2)c1F. The molecule has 1 heterocycles. The number of halogens is 1. The Morgan fingerprint density at radius 1 is 1.33 bits per heavy atom. The first-order valence-corrected chi connectivity index (χ1v) is 6.84. The molecule has 0 unspecified atom stereocenters. The van der Waals surface area contributed by atoms with Gasteiger partial charge >= 0.3 is 0 Å². The maximum absolute atomic E-state index is 14.1. The summed E-state index contributed by atoms with van der Waals surface area (Å²) in [5.41, 5.74) is 1.37. The highest BCUT2D eigenvalue weighted by molar-refractivity contribution is 5.31. The summed E-state index contributed by atoms with van der Waals surface area (Å²) in [5.74, 6) is -0.118. The molecule has 0 atom stereocenters. The second-order valence-corrected chi connectivity index (χ2v) is 5.94. The van der Waals surface area contributed by atoms with Gasteiger partial charge in [-0.25, -0.2) is 9.07 Å². The molecule has 0 radical (unpaired) electrons. The monoisotopic (exact) mass is 292 g/mol. The average Bonchev–Trinajstić information content (AvgIpc) is 2.86. The van der Waals surface area contributed by atoms with Crippen molar-refractivity contribution in [2.24, 2.45) is 0 Å². The van der Waals surface area contributed by atoms with Crippen LogP contribution in [0.5, 0.6) is 5.75 Å². The minimum atomic E-state index is -0.357. The van der Waals surface area contributed by atoms with Gasteiger partial charge in [-0.05, 0) is 26.8 Å². The van der Waals surface area contributed by atoms with Crippen molar-refractivity contribution >= 4 is 0 Å². The first kappa shape index (κ1) is 15.4. The third-order valence-corrected chi connectivity index (χ3v) is 2.98. The van der Waals surface area contributed by atoms with E-state index >= 15 is 0 Å². The van der Waals surface area contributed by atoms with Gasteiger partial charge in [0, 0.05) is 17.6 Å². The number of hydrogen-bond acceptors (Lipinski definition) is 4. The standard InChI is InChI=1S/C15H21FN4O/c1-15(2,3)17-8-12-10-20(19-18-12)9-11-6-5-7-13(21-4)14(11)16/h5-7,10,17H,8-9H2,1-4H3. The molecule has 1 N–H and O–H groups in total. The third kappa shape index (κ3) is 4.26. The normalized spacial score (nSPS) is 11.7. The number of aromatic nitrogens is 3. The molecule has 0 aliphatic heterocycles. The van der Waals surface area contributed by atoms with Crippen LogP contribution in [0, 0.1) is 5.82 Å². The quantitative estimate of drug-likeness (QED) is 0.919. The Kier molecular flexibility index (Phi) is 4.57. The number of nitrogens with zero attached hydrogens (tertiary/aromatic N) is 3. The van der Waals surface area contributed by atoms with E-state index in [-0.39, 0.29) is 17.1 Å². The summed E-state index contributed by atoms with van der Waals surface area (Å²) in [7, 11) is 1.45. The zero-order chi connectivity index (χ0) is 15.5. The van der Waals surface area contributed by atoms with Gasteiger partial charge in [-0.15, -0.1) is 5.10 Å². The van der Waals surface area contributed by atoms with Crippen molar-refractivity contribution in [3.8, 4) is 5.75 Å². The lowest BCUT2D eigenvalue weighted by atomic mass is 10.1. The van der Waals surface area contributed by atoms with Crippen LogP contribution in [0.3, 0.4) is 0 Å². The molecular formula is C15H21FN4O. The van der Waals surface area contributed by atoms with Gasteiger partial charge in [0.2, 0.25) is 0 Å². The number of hydrogen-bond donors (Lipinski definition) is 1. The Hall–Kier alpha value is -1.95. The molecule has 114 valence electrons. The lowest BCUT2D eigenvalue weighted by Gasteiger charge is -2.19. The molecule has 0 spiro atoms. The second-order valence-electron chi connectivity index (χ2n) is 5.94. The van der Waals surface area contributed by atoms with Crippen molar-refractivity contribution < 1.29 is 9.13 Å². The van der Waals surface area contributed by atoms with Gasteiger partial charge in [0.15, 0.2) is 11.6 Å². The highest BCUT2D eigenvalue weighted by atomic mass is 19.1. The van der Waals surface area contributed by atoms with E-state index in [9.17, 15) is 4.39 Å². The van der Waals surface area contributed by atoms with E-state index in [1.165, 1.54) is 7.11 Å². The van der Waals surface area contributed by atoms with Crippen LogP contribution in [-0.4, -0.2) is 27.6 Å². The number of methoxy groups -OCH3 is 1. The summed E-state index contributed by atoms with van der Waals surface area (Å²) >= 11 is 0. The highest BCUT2D eigenvalue weighted by Crippen LogP contribution is 2.20. The lowest BCUT2D eigenvalue weighted by molar-refractivity contribution is 0.383. The van der Waals surface area contributed by atoms with E-state index in [1.807, 2.05) is 6.20 Å². The average molecular weight is 292 g/mol. The largest absolute Gasteiger partial charge is 0.494 e. The van der Waals surface area contributed by atoms with E-state index in [0.29, 0.717) is 18.7 Å². The van der Waals surface area contributed by atoms with Crippen LogP contribution >= 0.6 is 0 Å². The molecule has 0 amide bonds. The van der Waals surface area contributed by atoms with Crippen LogP contribution in [-0.2, 0) is 13.1 Å². The van der Waals surface area contributed by atoms with Crippen LogP contribution in [0.4, 0.5) is 4.39 Å². The summed E-state index contributed by atoms with van der Waals surface area (Å²) in [6, 6.07) is 5.07. The molecule has 1 aromatic carbocycles. The number of rotatable bonds is 5. The Labute approximate surface area is 124 Å². The molecular weight excluding hydrogens is 271 g/mol. The minimum Gasteiger partial charge on any atom is -0.494 e. The summed E-state index contributed by atoms with van der Waals surface area (Å²) in [4.78, 5) is 0. The van der Waals surface area contributed by atoms with Gasteiger partial charge in [0.05, 0.1) is 25.5 Å². The Morgan fingerprint density at radius 2 is 2.10 bits per heavy atom. The second kappa shape index (κ2) is 6.22. The Balaban J connectivity index is 2.06. The molecule has 2 rings (SSSR count). The molecule has 1 aromatic heterocycles. The van der Waals surface area contributed by atoms with Gasteiger partial charge in [-0.2, -0.15) is 0 Å². The maximum Gasteiger partial charge on any atom is 0.170 e. The predicted octanol–water partition coefficient (Wildman–Crippen LogP) is 2.36. The van der Waals surface area contributed by atoms with E-state index < -0.39 is 0 Å². The number of nitrogens with one attached hydrogen (secondary N) is 1. The molecule has 0 fully saturated rings. The zero-order valence-corrected chi connectivity index (χ0v) is 12.9. The summed E-state index contributed by atoms with van der Waals surface area (Å²) in [6.45, 7) is 7.21. The lowest BCUT2D eigenvalue weighted by Crippen LogP contribution is -2.35. The van der Waals surface area contributed by atoms with Crippen molar-refractivity contribution in [1.82, 2.24) is 20.3 Å². The molecule has 0 saturated carbocycles. The summed E-state index contributed by atoms with van der Waals surface area (Å²) in [6.07, 6.45) is 1.82. The van der Waals surface area contributed by atoms with Crippen molar-refractivity contribution in [2.75, 3.05) is 7.11 Å². The van der Waals surface area contributed by atoms with Crippen LogP contribution in [0.25, 0.3) is 0 Å². The predicted molar refractivity (Wildman–Crippen MR) is 78.7 cm³/mol. The molecule has 0 aliphatic rings. The van der Waals surface area contributed by atoms with Crippen molar-refractivity contribution in [3.05, 3.63) is 41.5 Å². The van der Waals surface area contributed by atoms with Crippen molar-refractivity contribution in [2.45, 2.75) is 39.4 Å². The fraction of sp³-hybridized carbons (Fsp3) is 0.467. The topological polar surface area (TPSA) is 52.0 Å². The van der Waals surface area contributed by atoms with E-state index in [1.54, 1.807) is 22.9 Å².